The van der Waals surface area contributed by atoms with Crippen molar-refractivity contribution < 1.29 is 13.6 Å². The summed E-state index contributed by atoms with van der Waals surface area (Å²) in [5.41, 5.74) is 5.88. The molecule has 3 N–H and O–H groups in total. The van der Waals surface area contributed by atoms with Crippen molar-refractivity contribution in [3.63, 3.8) is 0 Å². The van der Waals surface area contributed by atoms with Gasteiger partial charge in [-0.05, 0) is 49.4 Å². The van der Waals surface area contributed by atoms with Crippen LogP contribution in [0.25, 0.3) is 16.5 Å². The molecule has 0 unspecified atom stereocenters. The Morgan fingerprint density at radius 3 is 2.66 bits per heavy atom. The van der Waals surface area contributed by atoms with Crippen LogP contribution in [0.1, 0.15) is 46.9 Å². The van der Waals surface area contributed by atoms with E-state index in [0.717, 1.165) is 23.8 Å². The summed E-state index contributed by atoms with van der Waals surface area (Å²) in [6.45, 7) is 5.46. The van der Waals surface area contributed by atoms with Crippen LogP contribution in [-0.4, -0.2) is 16.7 Å². The maximum absolute atomic E-state index is 14.9. The van der Waals surface area contributed by atoms with E-state index < -0.39 is 23.3 Å². The van der Waals surface area contributed by atoms with Gasteiger partial charge in [0.1, 0.15) is 11.6 Å². The summed E-state index contributed by atoms with van der Waals surface area (Å²) in [6.07, 6.45) is 6.65. The van der Waals surface area contributed by atoms with Crippen LogP contribution in [-0.2, 0) is 0 Å². The number of pyridine rings is 1. The van der Waals surface area contributed by atoms with Gasteiger partial charge in [-0.25, -0.2) is 8.78 Å². The average molecular weight is 477 g/mol. The second kappa shape index (κ2) is 10.0. The highest BCUT2D eigenvalue weighted by Crippen LogP contribution is 2.38. The molecule has 2 aromatic carbocycles. The number of halogens is 2. The van der Waals surface area contributed by atoms with Gasteiger partial charge in [-0.15, -0.1) is 0 Å². The number of nitrogens with zero attached hydrogens (tertiary/aromatic N) is 2. The van der Waals surface area contributed by atoms with E-state index in [9.17, 15) is 18.4 Å². The number of carbonyl (C=O) groups is 1. The molecule has 1 aliphatic rings. The summed E-state index contributed by atoms with van der Waals surface area (Å²) >= 11 is 0. The van der Waals surface area contributed by atoms with Gasteiger partial charge >= 0.3 is 0 Å². The summed E-state index contributed by atoms with van der Waals surface area (Å²) in [4.78, 5) is 30.9. The first kappa shape index (κ1) is 24.1. The number of hydrogen-bond acceptors (Lipinski definition) is 4. The standard InChI is InChI=1S/C27H26F2N4O2/c1-16(15-31-13-12-30)33-17(2)23(21-10-5-11-22(29)24(21)27(33)35)26(34)32-25(18-6-3-7-18)19-8-4-9-20(28)14-19/h4-5,8-15,18,25H,1,3,6-7,30H2,2H3,(H,32,34)/b13-12-,31-15-/t25-/m0/s1. The molecule has 0 radical (unpaired) electrons. The van der Waals surface area contributed by atoms with Crippen LogP contribution < -0.4 is 16.6 Å². The fraction of sp³-hybridized carbons (Fsp3) is 0.222. The molecule has 1 amide bonds. The van der Waals surface area contributed by atoms with Crippen molar-refractivity contribution in [2.75, 3.05) is 0 Å². The fourth-order valence-corrected chi connectivity index (χ4v) is 4.55. The van der Waals surface area contributed by atoms with Crippen LogP contribution in [0.5, 0.6) is 0 Å². The Morgan fingerprint density at radius 1 is 1.26 bits per heavy atom. The van der Waals surface area contributed by atoms with Crippen LogP contribution in [0, 0.1) is 24.5 Å². The highest BCUT2D eigenvalue weighted by Gasteiger charge is 2.32. The SMILES string of the molecule is C=C(/C=N\C=C/N)n1c(C)c(C(=O)N[C@H](c2cccc(F)c2)C2CCC2)c2cccc(F)c2c1=O. The van der Waals surface area contributed by atoms with E-state index in [-0.39, 0.29) is 39.5 Å². The summed E-state index contributed by atoms with van der Waals surface area (Å²) in [5.74, 6) is -1.47. The number of nitrogens with one attached hydrogen (secondary N) is 1. The summed E-state index contributed by atoms with van der Waals surface area (Å²) < 4.78 is 30.0. The molecule has 8 heteroatoms. The van der Waals surface area contributed by atoms with Crippen LogP contribution in [0.3, 0.4) is 0 Å². The molecule has 0 spiro atoms. The van der Waals surface area contributed by atoms with Crippen molar-refractivity contribution in [1.82, 2.24) is 9.88 Å². The van der Waals surface area contributed by atoms with Crippen molar-refractivity contribution in [3.05, 3.63) is 100 Å². The smallest absolute Gasteiger partial charge is 0.266 e. The molecule has 1 aliphatic carbocycles. The van der Waals surface area contributed by atoms with Crippen molar-refractivity contribution >= 4 is 28.6 Å². The molecular formula is C27H26F2N4O2. The Kier molecular flexibility index (Phi) is 6.91. The molecule has 0 saturated heterocycles. The lowest BCUT2D eigenvalue weighted by Crippen LogP contribution is -2.38. The Labute approximate surface area is 201 Å². The van der Waals surface area contributed by atoms with E-state index in [1.165, 1.54) is 42.9 Å². The Hall–Kier alpha value is -4.07. The van der Waals surface area contributed by atoms with Gasteiger partial charge in [0.25, 0.3) is 11.5 Å². The van der Waals surface area contributed by atoms with E-state index in [1.807, 2.05) is 0 Å². The molecule has 35 heavy (non-hydrogen) atoms. The monoisotopic (exact) mass is 476 g/mol. The van der Waals surface area contributed by atoms with Crippen molar-refractivity contribution in [3.8, 4) is 0 Å². The molecule has 3 aromatic rings. The van der Waals surface area contributed by atoms with Crippen LogP contribution in [0.2, 0.25) is 0 Å². The number of carbonyl (C=O) groups excluding carboxylic acids is 1. The third-order valence-electron chi connectivity index (χ3n) is 6.42. The molecular weight excluding hydrogens is 450 g/mol. The number of rotatable bonds is 7. The van der Waals surface area contributed by atoms with E-state index in [0.29, 0.717) is 5.56 Å². The van der Waals surface area contributed by atoms with Crippen LogP contribution in [0.15, 0.2) is 71.2 Å². The second-order valence-electron chi connectivity index (χ2n) is 8.57. The molecule has 4 rings (SSSR count). The number of benzene rings is 2. The highest BCUT2D eigenvalue weighted by atomic mass is 19.1. The lowest BCUT2D eigenvalue weighted by molar-refractivity contribution is 0.0901. The predicted molar refractivity (Wildman–Crippen MR) is 134 cm³/mol. The molecule has 180 valence electrons. The number of allylic oxidation sites excluding steroid dienone is 1. The molecule has 1 fully saturated rings. The van der Waals surface area contributed by atoms with Crippen LogP contribution in [0.4, 0.5) is 8.78 Å². The van der Waals surface area contributed by atoms with E-state index in [4.69, 9.17) is 5.73 Å². The Bertz CT molecular complexity index is 1420. The number of nitrogens with two attached hydrogens (primary N) is 1. The molecule has 0 aliphatic heterocycles. The maximum atomic E-state index is 14.9. The third-order valence-corrected chi connectivity index (χ3v) is 6.42. The van der Waals surface area contributed by atoms with Gasteiger partial charge in [0.05, 0.1) is 28.9 Å². The minimum Gasteiger partial charge on any atom is -0.403 e. The van der Waals surface area contributed by atoms with Gasteiger partial charge in [-0.2, -0.15) is 0 Å². The zero-order chi connectivity index (χ0) is 25.1. The normalized spacial score (nSPS) is 14.9. The van der Waals surface area contributed by atoms with Gasteiger partial charge < -0.3 is 11.1 Å². The second-order valence-corrected chi connectivity index (χ2v) is 8.57. The number of amides is 1. The molecule has 1 atom stereocenters. The van der Waals surface area contributed by atoms with Crippen molar-refractivity contribution in [1.29, 1.82) is 0 Å². The third kappa shape index (κ3) is 4.64. The zero-order valence-corrected chi connectivity index (χ0v) is 19.3. The van der Waals surface area contributed by atoms with E-state index in [2.05, 4.69) is 16.9 Å². The first-order valence-corrected chi connectivity index (χ1v) is 11.3. The maximum Gasteiger partial charge on any atom is 0.266 e. The number of fused-ring (bicyclic) bond motifs is 1. The summed E-state index contributed by atoms with van der Waals surface area (Å²) in [7, 11) is 0. The van der Waals surface area contributed by atoms with E-state index in [1.54, 1.807) is 25.1 Å². The minimum absolute atomic E-state index is 0.142. The number of aromatic nitrogens is 1. The molecule has 0 bridgehead atoms. The lowest BCUT2D eigenvalue weighted by Gasteiger charge is -2.35. The van der Waals surface area contributed by atoms with Gasteiger partial charge in [0.15, 0.2) is 0 Å². The molecule has 1 saturated carbocycles. The predicted octanol–water partition coefficient (Wildman–Crippen LogP) is 4.83. The van der Waals surface area contributed by atoms with Crippen molar-refractivity contribution in [2.24, 2.45) is 16.6 Å². The summed E-state index contributed by atoms with van der Waals surface area (Å²) in [5, 5.41) is 3.00. The van der Waals surface area contributed by atoms with Gasteiger partial charge in [0.2, 0.25) is 0 Å². The first-order valence-electron chi connectivity index (χ1n) is 11.3. The lowest BCUT2D eigenvalue weighted by atomic mass is 9.77. The van der Waals surface area contributed by atoms with Gasteiger partial charge in [-0.1, -0.05) is 37.3 Å². The fourth-order valence-electron chi connectivity index (χ4n) is 4.55. The van der Waals surface area contributed by atoms with Gasteiger partial charge in [0, 0.05) is 23.5 Å². The topological polar surface area (TPSA) is 89.5 Å². The quantitative estimate of drug-likeness (QED) is 0.479. The summed E-state index contributed by atoms with van der Waals surface area (Å²) in [6, 6.07) is 9.90. The average Bonchev–Trinajstić information content (AvgIpc) is 2.77. The van der Waals surface area contributed by atoms with Gasteiger partial charge in [-0.3, -0.25) is 19.1 Å². The largest absolute Gasteiger partial charge is 0.403 e. The number of hydrogen-bond donors (Lipinski definition) is 2. The Morgan fingerprint density at radius 2 is 2.00 bits per heavy atom. The minimum atomic E-state index is -0.748. The molecule has 1 aromatic heterocycles. The van der Waals surface area contributed by atoms with Crippen molar-refractivity contribution in [2.45, 2.75) is 32.2 Å². The molecule has 1 heterocycles. The van der Waals surface area contributed by atoms with E-state index >= 15 is 0 Å². The Balaban J connectivity index is 1.85. The number of aliphatic imine (C=N–C) groups is 1. The highest BCUT2D eigenvalue weighted by molar-refractivity contribution is 6.10. The molecule has 6 nitrogen and oxygen atoms in total. The zero-order valence-electron chi connectivity index (χ0n) is 19.3. The first-order chi connectivity index (χ1) is 16.8. The van der Waals surface area contributed by atoms with Crippen LogP contribution >= 0.6 is 0 Å².